The molecule has 4 rings (SSSR count). The molecule has 0 fully saturated rings. The molecule has 186 valence electrons. The number of amides is 1. The minimum atomic E-state index is -0.428. The molecule has 0 aliphatic rings. The molecule has 0 saturated carbocycles. The lowest BCUT2D eigenvalue weighted by Gasteiger charge is -2.16. The number of benzene rings is 3. The van der Waals surface area contributed by atoms with Gasteiger partial charge in [-0.05, 0) is 80.4 Å². The Balaban J connectivity index is 1.58. The van der Waals surface area contributed by atoms with E-state index in [-0.39, 0.29) is 11.7 Å². The number of halogens is 1. The van der Waals surface area contributed by atoms with Crippen LogP contribution >= 0.6 is 11.8 Å². The van der Waals surface area contributed by atoms with Gasteiger partial charge >= 0.3 is 0 Å². The second kappa shape index (κ2) is 11.3. The lowest BCUT2D eigenvalue weighted by molar-refractivity contribution is -0.115. The Kier molecular flexibility index (Phi) is 7.90. The standard InChI is InChI=1S/C27H28FN5O2S/c1-17-6-5-7-18(2)25(17)30-26(34)19(3)36-27-32-31-24(16-29-21-10-8-20(28)9-11-21)33(27)22-12-14-23(35-4)15-13-22/h5-15,19,29H,16H2,1-4H3,(H,30,34). The van der Waals surface area contributed by atoms with Crippen molar-refractivity contribution in [3.63, 3.8) is 0 Å². The number of nitrogens with zero attached hydrogens (tertiary/aromatic N) is 3. The van der Waals surface area contributed by atoms with Gasteiger partial charge in [0.25, 0.3) is 0 Å². The maximum absolute atomic E-state index is 13.3. The Labute approximate surface area is 214 Å². The van der Waals surface area contributed by atoms with E-state index in [9.17, 15) is 9.18 Å². The van der Waals surface area contributed by atoms with E-state index in [4.69, 9.17) is 4.74 Å². The third kappa shape index (κ3) is 5.85. The van der Waals surface area contributed by atoms with Gasteiger partial charge in [-0.1, -0.05) is 30.0 Å². The van der Waals surface area contributed by atoms with E-state index in [1.54, 1.807) is 19.2 Å². The Hall–Kier alpha value is -3.85. The van der Waals surface area contributed by atoms with Gasteiger partial charge in [0.2, 0.25) is 5.91 Å². The van der Waals surface area contributed by atoms with Crippen LogP contribution in [0, 0.1) is 19.7 Å². The van der Waals surface area contributed by atoms with E-state index < -0.39 is 5.25 Å². The van der Waals surface area contributed by atoms with Crippen molar-refractivity contribution in [1.82, 2.24) is 14.8 Å². The fourth-order valence-electron chi connectivity index (χ4n) is 3.68. The van der Waals surface area contributed by atoms with E-state index in [2.05, 4.69) is 20.8 Å². The van der Waals surface area contributed by atoms with Crippen molar-refractivity contribution < 1.29 is 13.9 Å². The van der Waals surface area contributed by atoms with Crippen molar-refractivity contribution in [3.8, 4) is 11.4 Å². The Morgan fingerprint density at radius 3 is 2.33 bits per heavy atom. The van der Waals surface area contributed by atoms with Crippen LogP contribution in [0.4, 0.5) is 15.8 Å². The summed E-state index contributed by atoms with van der Waals surface area (Å²) in [5.41, 5.74) is 4.45. The highest BCUT2D eigenvalue weighted by Gasteiger charge is 2.22. The molecule has 1 aromatic heterocycles. The zero-order valence-electron chi connectivity index (χ0n) is 20.6. The van der Waals surface area contributed by atoms with Crippen LogP contribution in [-0.2, 0) is 11.3 Å². The molecule has 3 aromatic carbocycles. The molecular formula is C27H28FN5O2S. The van der Waals surface area contributed by atoms with Crippen LogP contribution < -0.4 is 15.4 Å². The molecule has 1 unspecified atom stereocenters. The first kappa shape index (κ1) is 25.2. The van der Waals surface area contributed by atoms with Crippen LogP contribution in [0.25, 0.3) is 5.69 Å². The Bertz CT molecular complexity index is 1320. The van der Waals surface area contributed by atoms with Crippen LogP contribution in [-0.4, -0.2) is 33.0 Å². The second-order valence-electron chi connectivity index (χ2n) is 8.31. The normalized spacial score (nSPS) is 11.7. The van der Waals surface area contributed by atoms with Gasteiger partial charge in [-0.25, -0.2) is 4.39 Å². The number of rotatable bonds is 9. The van der Waals surface area contributed by atoms with Gasteiger partial charge in [-0.3, -0.25) is 9.36 Å². The van der Waals surface area contributed by atoms with Gasteiger partial charge in [0, 0.05) is 17.1 Å². The average molecular weight is 506 g/mol. The van der Waals surface area contributed by atoms with Crippen molar-refractivity contribution in [2.45, 2.75) is 37.7 Å². The number of carbonyl (C=O) groups excluding carboxylic acids is 1. The molecule has 1 heterocycles. The minimum absolute atomic E-state index is 0.118. The molecule has 0 saturated heterocycles. The predicted molar refractivity (Wildman–Crippen MR) is 142 cm³/mol. The zero-order valence-corrected chi connectivity index (χ0v) is 21.4. The molecule has 0 aliphatic carbocycles. The first-order valence-electron chi connectivity index (χ1n) is 11.5. The minimum Gasteiger partial charge on any atom is -0.497 e. The average Bonchev–Trinajstić information content (AvgIpc) is 3.28. The first-order chi connectivity index (χ1) is 17.4. The highest BCUT2D eigenvalue weighted by atomic mass is 32.2. The molecule has 1 amide bonds. The third-order valence-electron chi connectivity index (χ3n) is 5.71. The summed E-state index contributed by atoms with van der Waals surface area (Å²) in [5, 5.41) is 15.2. The van der Waals surface area contributed by atoms with Crippen LogP contribution in [0.3, 0.4) is 0 Å². The van der Waals surface area contributed by atoms with Gasteiger partial charge in [-0.2, -0.15) is 0 Å². The van der Waals surface area contributed by atoms with Crippen LogP contribution in [0.5, 0.6) is 5.75 Å². The smallest absolute Gasteiger partial charge is 0.237 e. The van der Waals surface area contributed by atoms with Crippen molar-refractivity contribution >= 4 is 29.0 Å². The lowest BCUT2D eigenvalue weighted by Crippen LogP contribution is -2.24. The summed E-state index contributed by atoms with van der Waals surface area (Å²) in [6.07, 6.45) is 0. The number of hydrogen-bond donors (Lipinski definition) is 2. The number of nitrogens with one attached hydrogen (secondary N) is 2. The number of thioether (sulfide) groups is 1. The Morgan fingerprint density at radius 2 is 1.69 bits per heavy atom. The highest BCUT2D eigenvalue weighted by molar-refractivity contribution is 8.00. The monoisotopic (exact) mass is 505 g/mol. The molecule has 7 nitrogen and oxygen atoms in total. The van der Waals surface area contributed by atoms with Crippen molar-refractivity contribution in [3.05, 3.63) is 89.5 Å². The fraction of sp³-hybridized carbons (Fsp3) is 0.222. The summed E-state index contributed by atoms with van der Waals surface area (Å²) in [7, 11) is 1.61. The highest BCUT2D eigenvalue weighted by Crippen LogP contribution is 2.29. The van der Waals surface area contributed by atoms with Gasteiger partial charge in [0.15, 0.2) is 11.0 Å². The largest absolute Gasteiger partial charge is 0.497 e. The van der Waals surface area contributed by atoms with E-state index in [0.717, 1.165) is 33.9 Å². The fourth-order valence-corrected chi connectivity index (χ4v) is 4.57. The summed E-state index contributed by atoms with van der Waals surface area (Å²) < 4.78 is 20.5. The quantitative estimate of drug-likeness (QED) is 0.281. The molecular weight excluding hydrogens is 477 g/mol. The summed E-state index contributed by atoms with van der Waals surface area (Å²) in [6, 6.07) is 19.6. The molecule has 2 N–H and O–H groups in total. The molecule has 36 heavy (non-hydrogen) atoms. The van der Waals surface area contributed by atoms with Gasteiger partial charge in [0.1, 0.15) is 11.6 Å². The number of anilines is 2. The SMILES string of the molecule is COc1ccc(-n2c(CNc3ccc(F)cc3)nnc2SC(C)C(=O)Nc2c(C)cccc2C)cc1. The molecule has 0 aliphatic heterocycles. The number of aromatic nitrogens is 3. The maximum Gasteiger partial charge on any atom is 0.237 e. The lowest BCUT2D eigenvalue weighted by atomic mass is 10.1. The zero-order chi connectivity index (χ0) is 25.7. The first-order valence-corrected chi connectivity index (χ1v) is 12.4. The van der Waals surface area contributed by atoms with Crippen molar-refractivity contribution in [2.24, 2.45) is 0 Å². The van der Waals surface area contributed by atoms with Gasteiger partial charge in [-0.15, -0.1) is 10.2 Å². The van der Waals surface area contributed by atoms with E-state index >= 15 is 0 Å². The van der Waals surface area contributed by atoms with Crippen molar-refractivity contribution in [1.29, 1.82) is 0 Å². The van der Waals surface area contributed by atoms with Gasteiger partial charge in [0.05, 0.1) is 18.9 Å². The third-order valence-corrected chi connectivity index (χ3v) is 6.75. The van der Waals surface area contributed by atoms with Gasteiger partial charge < -0.3 is 15.4 Å². The topological polar surface area (TPSA) is 81.1 Å². The maximum atomic E-state index is 13.3. The van der Waals surface area contributed by atoms with Crippen LogP contribution in [0.15, 0.2) is 71.9 Å². The van der Waals surface area contributed by atoms with E-state index in [1.165, 1.54) is 23.9 Å². The Morgan fingerprint density at radius 1 is 1.03 bits per heavy atom. The number of methoxy groups -OCH3 is 1. The van der Waals surface area contributed by atoms with Crippen LogP contribution in [0.1, 0.15) is 23.9 Å². The summed E-state index contributed by atoms with van der Waals surface area (Å²) in [5.74, 6) is 0.962. The molecule has 9 heteroatoms. The molecule has 4 aromatic rings. The number of ether oxygens (including phenoxy) is 1. The number of aryl methyl sites for hydroxylation is 2. The van der Waals surface area contributed by atoms with E-state index in [1.807, 2.05) is 67.8 Å². The second-order valence-corrected chi connectivity index (χ2v) is 9.62. The summed E-state index contributed by atoms with van der Waals surface area (Å²) in [4.78, 5) is 13.0. The summed E-state index contributed by atoms with van der Waals surface area (Å²) >= 11 is 1.33. The molecule has 0 radical (unpaired) electrons. The van der Waals surface area contributed by atoms with Crippen molar-refractivity contribution in [2.75, 3.05) is 17.7 Å². The molecule has 0 bridgehead atoms. The number of para-hydroxylation sites is 1. The predicted octanol–water partition coefficient (Wildman–Crippen LogP) is 5.76. The number of carbonyl (C=O) groups is 1. The van der Waals surface area contributed by atoms with Crippen LogP contribution in [0.2, 0.25) is 0 Å². The molecule has 0 spiro atoms. The van der Waals surface area contributed by atoms with E-state index in [0.29, 0.717) is 17.5 Å². The number of hydrogen-bond acceptors (Lipinski definition) is 6. The molecule has 1 atom stereocenters. The summed E-state index contributed by atoms with van der Waals surface area (Å²) in [6.45, 7) is 6.15.